The summed E-state index contributed by atoms with van der Waals surface area (Å²) in [5.74, 6) is -0.531. The van der Waals surface area contributed by atoms with E-state index in [2.05, 4.69) is 24.5 Å². The SMILES string of the molecule is CCCCCCCCC(CCCCCCCC)OC(=O)C(C)(C)OC(=O)NCCN(CCNCCCCCCCCO)C(=O)OC(C)(C)C. The Morgan fingerprint density at radius 3 is 1.65 bits per heavy atom. The molecule has 0 saturated carbocycles. The van der Waals surface area contributed by atoms with Gasteiger partial charge < -0.3 is 34.9 Å². The Bertz CT molecular complexity index is 816. The summed E-state index contributed by atoms with van der Waals surface area (Å²) >= 11 is 0. The van der Waals surface area contributed by atoms with E-state index in [0.717, 1.165) is 83.6 Å². The number of ether oxygens (including phenoxy) is 3. The standard InChI is InChI=1S/C39H77N3O7/c1-8-10-12-14-18-22-26-34(27-23-19-15-13-11-9-2)47-35(44)39(6,7)48-36(45)41-30-32-42(37(46)49-38(3,4)5)31-29-40-28-24-20-16-17-21-25-33-43/h34,40,43H,8-33H2,1-7H3,(H,41,45). The summed E-state index contributed by atoms with van der Waals surface area (Å²) in [7, 11) is 0. The van der Waals surface area contributed by atoms with Gasteiger partial charge in [-0.15, -0.1) is 0 Å². The molecule has 0 atom stereocenters. The Labute approximate surface area is 300 Å². The summed E-state index contributed by atoms with van der Waals surface area (Å²) in [5, 5.41) is 15.0. The second-order valence-electron chi connectivity index (χ2n) is 15.0. The van der Waals surface area contributed by atoms with Gasteiger partial charge in [0.25, 0.3) is 0 Å². The number of carbonyl (C=O) groups is 3. The molecular weight excluding hydrogens is 622 g/mol. The van der Waals surface area contributed by atoms with Gasteiger partial charge in [0.15, 0.2) is 0 Å². The minimum atomic E-state index is -1.45. The summed E-state index contributed by atoms with van der Waals surface area (Å²) in [6.07, 6.45) is 20.9. The van der Waals surface area contributed by atoms with Crippen LogP contribution in [0.15, 0.2) is 0 Å². The van der Waals surface area contributed by atoms with Crippen molar-refractivity contribution in [1.82, 2.24) is 15.5 Å². The second kappa shape index (κ2) is 29.6. The number of hydrogen-bond donors (Lipinski definition) is 3. The summed E-state index contributed by atoms with van der Waals surface area (Å²) in [5.41, 5.74) is -2.09. The highest BCUT2D eigenvalue weighted by Crippen LogP contribution is 2.21. The van der Waals surface area contributed by atoms with Gasteiger partial charge >= 0.3 is 18.2 Å². The molecule has 10 heteroatoms. The number of aliphatic hydroxyl groups excluding tert-OH is 1. The van der Waals surface area contributed by atoms with Crippen LogP contribution in [0, 0.1) is 0 Å². The van der Waals surface area contributed by atoms with Gasteiger partial charge in [-0.05, 0) is 79.7 Å². The normalized spacial score (nSPS) is 11.9. The van der Waals surface area contributed by atoms with Crippen LogP contribution in [0.4, 0.5) is 9.59 Å². The van der Waals surface area contributed by atoms with Crippen molar-refractivity contribution >= 4 is 18.2 Å². The number of hydrogen-bond acceptors (Lipinski definition) is 8. The van der Waals surface area contributed by atoms with Crippen LogP contribution in [-0.4, -0.2) is 84.8 Å². The molecule has 0 aromatic rings. The first-order valence-corrected chi connectivity index (χ1v) is 19.8. The first-order chi connectivity index (χ1) is 23.4. The van der Waals surface area contributed by atoms with Gasteiger partial charge in [-0.3, -0.25) is 0 Å². The molecule has 0 radical (unpaired) electrons. The van der Waals surface area contributed by atoms with Crippen molar-refractivity contribution in [2.24, 2.45) is 0 Å². The van der Waals surface area contributed by atoms with Crippen LogP contribution in [0.25, 0.3) is 0 Å². The van der Waals surface area contributed by atoms with Crippen molar-refractivity contribution in [3.63, 3.8) is 0 Å². The fraction of sp³-hybridized carbons (Fsp3) is 0.923. The van der Waals surface area contributed by atoms with E-state index in [4.69, 9.17) is 19.3 Å². The van der Waals surface area contributed by atoms with Crippen molar-refractivity contribution < 1.29 is 33.7 Å². The Morgan fingerprint density at radius 1 is 0.633 bits per heavy atom. The molecule has 0 rings (SSSR count). The predicted octanol–water partition coefficient (Wildman–Crippen LogP) is 9.06. The van der Waals surface area contributed by atoms with Crippen molar-refractivity contribution in [3.8, 4) is 0 Å². The van der Waals surface area contributed by atoms with Gasteiger partial charge in [0.05, 0.1) is 0 Å². The number of amides is 2. The van der Waals surface area contributed by atoms with Crippen molar-refractivity contribution in [1.29, 1.82) is 0 Å². The van der Waals surface area contributed by atoms with E-state index in [-0.39, 0.29) is 25.8 Å². The van der Waals surface area contributed by atoms with Gasteiger partial charge in [-0.1, -0.05) is 104 Å². The van der Waals surface area contributed by atoms with Crippen LogP contribution in [0.5, 0.6) is 0 Å². The summed E-state index contributed by atoms with van der Waals surface area (Å²) in [4.78, 5) is 40.4. The number of alkyl carbamates (subject to hydrolysis) is 1. The zero-order valence-electron chi connectivity index (χ0n) is 32.8. The number of carbonyl (C=O) groups excluding carboxylic acids is 3. The first-order valence-electron chi connectivity index (χ1n) is 19.8. The van der Waals surface area contributed by atoms with Gasteiger partial charge in [0.2, 0.25) is 5.60 Å². The second-order valence-corrected chi connectivity index (χ2v) is 15.0. The van der Waals surface area contributed by atoms with Crippen LogP contribution < -0.4 is 10.6 Å². The smallest absolute Gasteiger partial charge is 0.410 e. The largest absolute Gasteiger partial charge is 0.459 e. The molecule has 0 fully saturated rings. The fourth-order valence-corrected chi connectivity index (χ4v) is 5.49. The molecular formula is C39H77N3O7. The maximum Gasteiger partial charge on any atom is 0.410 e. The number of nitrogens with one attached hydrogen (secondary N) is 2. The Balaban J connectivity index is 4.86. The number of nitrogens with zero attached hydrogens (tertiary/aromatic N) is 1. The maximum absolute atomic E-state index is 13.2. The highest BCUT2D eigenvalue weighted by Gasteiger charge is 2.35. The summed E-state index contributed by atoms with van der Waals surface area (Å²) in [6.45, 7) is 15.6. The van der Waals surface area contributed by atoms with E-state index in [0.29, 0.717) is 13.1 Å². The number of esters is 1. The number of rotatable bonds is 31. The zero-order valence-corrected chi connectivity index (χ0v) is 32.8. The molecule has 0 unspecified atom stereocenters. The van der Waals surface area contributed by atoms with Gasteiger partial charge in [0.1, 0.15) is 11.7 Å². The zero-order chi connectivity index (χ0) is 36.8. The highest BCUT2D eigenvalue weighted by atomic mass is 16.6. The van der Waals surface area contributed by atoms with Crippen molar-refractivity contribution in [2.45, 2.75) is 194 Å². The minimum absolute atomic E-state index is 0.149. The fourth-order valence-electron chi connectivity index (χ4n) is 5.49. The molecule has 0 aromatic carbocycles. The van der Waals surface area contributed by atoms with Crippen LogP contribution in [0.3, 0.4) is 0 Å². The highest BCUT2D eigenvalue weighted by molar-refractivity contribution is 5.82. The third-order valence-corrected chi connectivity index (χ3v) is 8.50. The van der Waals surface area contributed by atoms with E-state index in [1.54, 1.807) is 18.7 Å². The molecule has 0 bridgehead atoms. The van der Waals surface area contributed by atoms with E-state index in [9.17, 15) is 14.4 Å². The molecule has 290 valence electrons. The molecule has 0 aliphatic rings. The molecule has 0 aliphatic carbocycles. The average Bonchev–Trinajstić information content (AvgIpc) is 3.02. The van der Waals surface area contributed by atoms with Crippen molar-refractivity contribution in [3.05, 3.63) is 0 Å². The lowest BCUT2D eigenvalue weighted by molar-refractivity contribution is -0.168. The lowest BCUT2D eigenvalue weighted by Gasteiger charge is -2.28. The van der Waals surface area contributed by atoms with Crippen LogP contribution in [0.1, 0.15) is 177 Å². The number of unbranched alkanes of at least 4 members (excludes halogenated alkanes) is 15. The van der Waals surface area contributed by atoms with E-state index in [1.807, 2.05) is 20.8 Å². The third-order valence-electron chi connectivity index (χ3n) is 8.50. The number of aliphatic hydroxyl groups is 1. The summed E-state index contributed by atoms with van der Waals surface area (Å²) < 4.78 is 17.1. The van der Waals surface area contributed by atoms with Crippen LogP contribution in [0.2, 0.25) is 0 Å². The minimum Gasteiger partial charge on any atom is -0.459 e. The molecule has 2 amide bonds. The predicted molar refractivity (Wildman–Crippen MR) is 200 cm³/mol. The molecule has 49 heavy (non-hydrogen) atoms. The Hall–Kier alpha value is -2.07. The first kappa shape index (κ1) is 46.9. The van der Waals surface area contributed by atoms with Crippen LogP contribution in [-0.2, 0) is 19.0 Å². The van der Waals surface area contributed by atoms with Crippen molar-refractivity contribution in [2.75, 3.05) is 39.3 Å². The molecule has 0 aliphatic heterocycles. The molecule has 3 N–H and O–H groups in total. The van der Waals surface area contributed by atoms with Gasteiger partial charge in [-0.25, -0.2) is 14.4 Å². The molecule has 0 saturated heterocycles. The van der Waals surface area contributed by atoms with E-state index in [1.165, 1.54) is 51.4 Å². The Morgan fingerprint density at radius 2 is 1.12 bits per heavy atom. The molecule has 0 heterocycles. The lowest BCUT2D eigenvalue weighted by atomic mass is 10.0. The molecule has 10 nitrogen and oxygen atoms in total. The monoisotopic (exact) mass is 700 g/mol. The average molecular weight is 700 g/mol. The van der Waals surface area contributed by atoms with Gasteiger partial charge in [-0.2, -0.15) is 0 Å². The molecule has 0 spiro atoms. The third kappa shape index (κ3) is 28.3. The molecule has 0 aromatic heterocycles. The van der Waals surface area contributed by atoms with Gasteiger partial charge in [0, 0.05) is 32.8 Å². The topological polar surface area (TPSA) is 126 Å². The lowest BCUT2D eigenvalue weighted by Crippen LogP contribution is -2.46. The van der Waals surface area contributed by atoms with Crippen LogP contribution >= 0.6 is 0 Å². The Kier molecular flexibility index (Phi) is 28.4. The van der Waals surface area contributed by atoms with E-state index < -0.39 is 29.4 Å². The summed E-state index contributed by atoms with van der Waals surface area (Å²) in [6, 6.07) is 0. The maximum atomic E-state index is 13.2. The van der Waals surface area contributed by atoms with E-state index >= 15 is 0 Å². The quantitative estimate of drug-likeness (QED) is 0.0372.